The predicted molar refractivity (Wildman–Crippen MR) is 146 cm³/mol. The molecule has 35 heavy (non-hydrogen) atoms. The van der Waals surface area contributed by atoms with Gasteiger partial charge in [-0.3, -0.25) is 4.18 Å². The van der Waals surface area contributed by atoms with E-state index in [1.807, 2.05) is 0 Å². The molecule has 4 heteroatoms. The molecule has 0 aromatic heterocycles. The molecule has 3 nitrogen and oxygen atoms in total. The number of fused-ring (bicyclic) bond motifs is 5. The topological polar surface area (TPSA) is 43.4 Å². The van der Waals surface area contributed by atoms with E-state index in [1.165, 1.54) is 64.0 Å². The van der Waals surface area contributed by atoms with E-state index in [-0.39, 0.29) is 0 Å². The summed E-state index contributed by atoms with van der Waals surface area (Å²) in [4.78, 5) is 0. The minimum Gasteiger partial charge on any atom is -0.270 e. The second-order valence-corrected chi connectivity index (χ2v) is 16.4. The lowest BCUT2D eigenvalue weighted by Crippen LogP contribution is -2.54. The zero-order valence-corrected chi connectivity index (χ0v) is 25.0. The fourth-order valence-electron chi connectivity index (χ4n) is 10.6. The van der Waals surface area contributed by atoms with Gasteiger partial charge in [0.15, 0.2) is 0 Å². The van der Waals surface area contributed by atoms with Crippen LogP contribution in [0.1, 0.15) is 113 Å². The third-order valence-corrected chi connectivity index (χ3v) is 13.3. The van der Waals surface area contributed by atoms with Gasteiger partial charge in [-0.2, -0.15) is 8.42 Å². The summed E-state index contributed by atoms with van der Waals surface area (Å²) in [6.07, 6.45) is 15.3. The van der Waals surface area contributed by atoms with Gasteiger partial charge in [0.2, 0.25) is 0 Å². The minimum atomic E-state index is -3.40. The van der Waals surface area contributed by atoms with E-state index in [0.717, 1.165) is 41.9 Å². The zero-order chi connectivity index (χ0) is 25.8. The molecule has 0 unspecified atom stereocenters. The van der Waals surface area contributed by atoms with Crippen LogP contribution >= 0.6 is 0 Å². The maximum absolute atomic E-state index is 11.8. The normalized spacial score (nSPS) is 44.3. The van der Waals surface area contributed by atoms with Crippen molar-refractivity contribution in [1.82, 2.24) is 0 Å². The molecule has 4 aliphatic carbocycles. The molecule has 0 amide bonds. The Bertz CT molecular complexity index is 836. The third kappa shape index (κ3) is 5.27. The summed E-state index contributed by atoms with van der Waals surface area (Å²) in [5, 5.41) is 0. The number of hydrogen-bond acceptors (Lipinski definition) is 3. The SMILES string of the molecule is CC(C)[C@H](C)[C@@H](COS(C)(=O)=O)C[C@@H](C)[C@H]1CC[C@H]2[C@@H]3CC[C@H]4[C@H](C)CCC[C@]4(C)[C@H]3CC[C@]12C. The molecule has 11 atom stereocenters. The van der Waals surface area contributed by atoms with Crippen molar-refractivity contribution in [2.75, 3.05) is 12.9 Å². The maximum Gasteiger partial charge on any atom is 0.264 e. The molecule has 0 radical (unpaired) electrons. The highest BCUT2D eigenvalue weighted by Gasteiger charge is 2.60. The third-order valence-electron chi connectivity index (χ3n) is 12.7. The predicted octanol–water partition coefficient (Wildman–Crippen LogP) is 8.19. The van der Waals surface area contributed by atoms with Gasteiger partial charge in [0.1, 0.15) is 0 Å². The van der Waals surface area contributed by atoms with Gasteiger partial charge in [0.25, 0.3) is 10.1 Å². The largest absolute Gasteiger partial charge is 0.270 e. The van der Waals surface area contributed by atoms with Gasteiger partial charge in [-0.1, -0.05) is 61.3 Å². The van der Waals surface area contributed by atoms with Crippen molar-refractivity contribution >= 4 is 10.1 Å². The van der Waals surface area contributed by atoms with Crippen LogP contribution in [0.2, 0.25) is 0 Å². The molecule has 4 saturated carbocycles. The number of rotatable bonds is 8. The summed E-state index contributed by atoms with van der Waals surface area (Å²) in [6.45, 7) is 17.5. The first-order valence-electron chi connectivity index (χ1n) is 15.1. The fourth-order valence-corrected chi connectivity index (χ4v) is 11.0. The van der Waals surface area contributed by atoms with Crippen molar-refractivity contribution in [1.29, 1.82) is 0 Å². The molecule has 0 spiro atoms. The van der Waals surface area contributed by atoms with Gasteiger partial charge in [-0.25, -0.2) is 0 Å². The van der Waals surface area contributed by atoms with Crippen molar-refractivity contribution in [3.63, 3.8) is 0 Å². The molecular weight excluding hydrogens is 452 g/mol. The maximum atomic E-state index is 11.8. The Labute approximate surface area is 218 Å². The molecule has 4 fully saturated rings. The monoisotopic (exact) mass is 508 g/mol. The van der Waals surface area contributed by atoms with Crippen LogP contribution in [0, 0.1) is 70.0 Å². The van der Waals surface area contributed by atoms with E-state index < -0.39 is 10.1 Å². The Morgan fingerprint density at radius 2 is 1.51 bits per heavy atom. The zero-order valence-electron chi connectivity index (χ0n) is 24.2. The van der Waals surface area contributed by atoms with Crippen LogP contribution in [0.15, 0.2) is 0 Å². The molecule has 0 heterocycles. The van der Waals surface area contributed by atoms with Gasteiger partial charge in [-0.15, -0.1) is 0 Å². The van der Waals surface area contributed by atoms with Crippen LogP contribution in [-0.2, 0) is 14.3 Å². The second kappa shape index (κ2) is 10.2. The average Bonchev–Trinajstić information content (AvgIpc) is 3.12. The second-order valence-electron chi connectivity index (χ2n) is 14.7. The molecule has 0 aliphatic heterocycles. The molecule has 4 aliphatic rings. The Morgan fingerprint density at radius 1 is 0.857 bits per heavy atom. The lowest BCUT2D eigenvalue weighted by atomic mass is 9.43. The Hall–Kier alpha value is -0.0900. The van der Waals surface area contributed by atoms with E-state index in [2.05, 4.69) is 48.5 Å². The molecule has 0 aromatic rings. The van der Waals surface area contributed by atoms with E-state index in [0.29, 0.717) is 41.1 Å². The highest BCUT2D eigenvalue weighted by atomic mass is 32.2. The van der Waals surface area contributed by atoms with Crippen molar-refractivity contribution in [3.8, 4) is 0 Å². The molecule has 4 rings (SSSR count). The molecule has 0 N–H and O–H groups in total. The van der Waals surface area contributed by atoms with E-state index in [4.69, 9.17) is 4.18 Å². The molecule has 0 bridgehead atoms. The highest BCUT2D eigenvalue weighted by molar-refractivity contribution is 7.85. The summed E-state index contributed by atoms with van der Waals surface area (Å²) in [5.74, 6) is 7.37. The lowest BCUT2D eigenvalue weighted by Gasteiger charge is -2.62. The smallest absolute Gasteiger partial charge is 0.264 e. The van der Waals surface area contributed by atoms with Gasteiger partial charge in [0.05, 0.1) is 12.9 Å². The van der Waals surface area contributed by atoms with E-state index in [1.54, 1.807) is 0 Å². The van der Waals surface area contributed by atoms with Crippen LogP contribution in [0.3, 0.4) is 0 Å². The van der Waals surface area contributed by atoms with Crippen LogP contribution in [0.4, 0.5) is 0 Å². The van der Waals surface area contributed by atoms with Crippen LogP contribution in [0.5, 0.6) is 0 Å². The Morgan fingerprint density at radius 3 is 2.17 bits per heavy atom. The van der Waals surface area contributed by atoms with Crippen LogP contribution in [-0.4, -0.2) is 21.3 Å². The Kier molecular flexibility index (Phi) is 8.17. The molecular formula is C31H56O3S. The lowest BCUT2D eigenvalue weighted by molar-refractivity contribution is -0.127. The van der Waals surface area contributed by atoms with Crippen LogP contribution < -0.4 is 0 Å². The van der Waals surface area contributed by atoms with Gasteiger partial charge < -0.3 is 0 Å². The van der Waals surface area contributed by atoms with Gasteiger partial charge in [-0.05, 0) is 121 Å². The van der Waals surface area contributed by atoms with E-state index >= 15 is 0 Å². The quantitative estimate of drug-likeness (QED) is 0.310. The summed E-state index contributed by atoms with van der Waals surface area (Å²) in [5.41, 5.74) is 1.06. The first-order valence-corrected chi connectivity index (χ1v) is 16.9. The van der Waals surface area contributed by atoms with Crippen molar-refractivity contribution in [2.24, 2.45) is 70.0 Å². The molecule has 0 aromatic carbocycles. The first-order chi connectivity index (χ1) is 16.3. The van der Waals surface area contributed by atoms with Gasteiger partial charge >= 0.3 is 0 Å². The summed E-state index contributed by atoms with van der Waals surface area (Å²) >= 11 is 0. The summed E-state index contributed by atoms with van der Waals surface area (Å²) in [7, 11) is -3.40. The van der Waals surface area contributed by atoms with Crippen LogP contribution in [0.25, 0.3) is 0 Å². The number of hydrogen-bond donors (Lipinski definition) is 0. The highest BCUT2D eigenvalue weighted by Crippen LogP contribution is 2.69. The van der Waals surface area contributed by atoms with Crippen molar-refractivity contribution in [2.45, 2.75) is 113 Å². The summed E-state index contributed by atoms with van der Waals surface area (Å²) in [6, 6.07) is 0. The molecule has 0 saturated heterocycles. The standard InChI is InChI=1S/C31H56O3S/c1-20(2)23(5)24(19-34-35(8,32)33)18-22(4)27-13-14-28-25-11-12-26-21(3)10-9-16-30(26,6)29(25)15-17-31(27,28)7/h20-29H,9-19H2,1-8H3/t21-,22-,23+,24-,25+,26+,27-,28+,29+,30+,31-/m1/s1. The van der Waals surface area contributed by atoms with Gasteiger partial charge in [0, 0.05) is 0 Å². The van der Waals surface area contributed by atoms with E-state index in [9.17, 15) is 8.42 Å². The Balaban J connectivity index is 1.48. The minimum absolute atomic E-state index is 0.303. The van der Waals surface area contributed by atoms with Crippen molar-refractivity contribution < 1.29 is 12.6 Å². The molecule has 204 valence electrons. The average molecular weight is 509 g/mol. The summed E-state index contributed by atoms with van der Waals surface area (Å²) < 4.78 is 28.9. The fraction of sp³-hybridized carbons (Fsp3) is 1.00. The van der Waals surface area contributed by atoms with Crippen molar-refractivity contribution in [3.05, 3.63) is 0 Å². The first kappa shape index (κ1) is 27.9.